The topological polar surface area (TPSA) is 79.4 Å². The zero-order chi connectivity index (χ0) is 15.1. The number of methoxy groups -OCH3 is 1. The Balaban J connectivity index is 3.19. The molecule has 0 heterocycles. The van der Waals surface area contributed by atoms with Crippen molar-refractivity contribution in [1.29, 1.82) is 5.26 Å². The number of nitro groups is 1. The van der Waals surface area contributed by atoms with Crippen molar-refractivity contribution in [2.75, 3.05) is 31.7 Å². The Kier molecular flexibility index (Phi) is 6.60. The third kappa shape index (κ3) is 4.28. The van der Waals surface area contributed by atoms with Gasteiger partial charge < -0.3 is 9.64 Å². The van der Waals surface area contributed by atoms with Crippen LogP contribution in [0.5, 0.6) is 0 Å². The first-order valence-electron chi connectivity index (χ1n) is 5.75. The van der Waals surface area contributed by atoms with Crippen LogP contribution in [0.1, 0.15) is 6.42 Å². The molecule has 8 heteroatoms. The highest BCUT2D eigenvalue weighted by molar-refractivity contribution is 14.1. The summed E-state index contributed by atoms with van der Waals surface area (Å²) in [6.45, 7) is 0.954. The molecule has 1 rings (SSSR count). The highest BCUT2D eigenvalue weighted by Gasteiger charge is 2.22. The van der Waals surface area contributed by atoms with Gasteiger partial charge in [0.1, 0.15) is 11.5 Å². The summed E-state index contributed by atoms with van der Waals surface area (Å²) in [5.41, 5.74) is -0.00920. The van der Waals surface area contributed by atoms with Crippen LogP contribution in [0.4, 0.5) is 15.8 Å². The molecule has 1 aromatic carbocycles. The quantitative estimate of drug-likeness (QED) is 0.404. The summed E-state index contributed by atoms with van der Waals surface area (Å²) in [5, 5.41) is 19.7. The van der Waals surface area contributed by atoms with E-state index in [0.29, 0.717) is 13.2 Å². The average Bonchev–Trinajstić information content (AvgIpc) is 2.41. The normalized spacial score (nSPS) is 10.1. The number of anilines is 1. The maximum atomic E-state index is 13.7. The minimum absolute atomic E-state index is 0.167. The van der Waals surface area contributed by atoms with Gasteiger partial charge in [0.2, 0.25) is 0 Å². The van der Waals surface area contributed by atoms with E-state index in [4.69, 9.17) is 10.00 Å². The fourth-order valence-corrected chi connectivity index (χ4v) is 2.12. The Hall–Kier alpha value is -1.47. The number of nitrogens with zero attached hydrogens (tertiary/aromatic N) is 3. The predicted molar refractivity (Wildman–Crippen MR) is 80.1 cm³/mol. The van der Waals surface area contributed by atoms with Crippen LogP contribution in [0.3, 0.4) is 0 Å². The predicted octanol–water partition coefficient (Wildman–Crippen LogP) is 2.70. The molecule has 0 N–H and O–H groups in total. The zero-order valence-corrected chi connectivity index (χ0v) is 13.0. The molecule has 6 nitrogen and oxygen atoms in total. The molecular weight excluding hydrogens is 380 g/mol. The number of rotatable bonds is 7. The summed E-state index contributed by atoms with van der Waals surface area (Å²) in [7, 11) is 1.51. The third-order valence-corrected chi connectivity index (χ3v) is 3.44. The summed E-state index contributed by atoms with van der Waals surface area (Å²) in [4.78, 5) is 12.1. The molecule has 0 unspecified atom stereocenters. The maximum Gasteiger partial charge on any atom is 0.293 e. The lowest BCUT2D eigenvalue weighted by molar-refractivity contribution is -0.384. The highest BCUT2D eigenvalue weighted by atomic mass is 127. The van der Waals surface area contributed by atoms with Gasteiger partial charge >= 0.3 is 0 Å². The lowest BCUT2D eigenvalue weighted by Gasteiger charge is -2.23. The number of nitriles is 1. The zero-order valence-electron chi connectivity index (χ0n) is 10.8. The van der Waals surface area contributed by atoms with E-state index < -0.39 is 10.7 Å². The van der Waals surface area contributed by atoms with Crippen molar-refractivity contribution >= 4 is 34.0 Å². The molecule has 0 aliphatic heterocycles. The Bertz CT molecular complexity index is 533. The summed E-state index contributed by atoms with van der Waals surface area (Å²) in [6, 6.07) is 4.30. The average molecular weight is 393 g/mol. The molecule has 0 fully saturated rings. The third-order valence-electron chi connectivity index (χ3n) is 2.61. The van der Waals surface area contributed by atoms with Gasteiger partial charge in [-0.1, -0.05) is 0 Å². The second kappa shape index (κ2) is 7.96. The minimum atomic E-state index is -0.552. The fraction of sp³-hybridized carbons (Fsp3) is 0.417. The van der Waals surface area contributed by atoms with Crippen molar-refractivity contribution in [2.24, 2.45) is 0 Å². The summed E-state index contributed by atoms with van der Waals surface area (Å²) >= 11 is 1.71. The fourth-order valence-electron chi connectivity index (χ4n) is 1.66. The lowest BCUT2D eigenvalue weighted by Crippen LogP contribution is -2.29. The molecule has 1 aromatic rings. The van der Waals surface area contributed by atoms with E-state index in [1.54, 1.807) is 27.5 Å². The monoisotopic (exact) mass is 393 g/mol. The van der Waals surface area contributed by atoms with Gasteiger partial charge in [0.25, 0.3) is 5.69 Å². The van der Waals surface area contributed by atoms with Gasteiger partial charge in [-0.3, -0.25) is 10.1 Å². The Morgan fingerprint density at radius 2 is 2.25 bits per heavy atom. The Morgan fingerprint density at radius 3 is 2.80 bits per heavy atom. The molecule has 0 radical (unpaired) electrons. The lowest BCUT2D eigenvalue weighted by atomic mass is 10.2. The molecule has 0 bridgehead atoms. The highest BCUT2D eigenvalue weighted by Crippen LogP contribution is 2.31. The smallest absolute Gasteiger partial charge is 0.293 e. The van der Waals surface area contributed by atoms with Crippen molar-refractivity contribution in [2.45, 2.75) is 6.42 Å². The van der Waals surface area contributed by atoms with Crippen LogP contribution in [0.2, 0.25) is 0 Å². The van der Waals surface area contributed by atoms with Crippen LogP contribution in [-0.4, -0.2) is 31.7 Å². The van der Waals surface area contributed by atoms with Crippen LogP contribution in [0.25, 0.3) is 0 Å². The first kappa shape index (κ1) is 16.6. The van der Waals surface area contributed by atoms with Crippen molar-refractivity contribution < 1.29 is 14.1 Å². The number of halogens is 2. The largest absolute Gasteiger partial charge is 0.383 e. The maximum absolute atomic E-state index is 13.7. The van der Waals surface area contributed by atoms with Crippen LogP contribution < -0.4 is 4.90 Å². The Labute approximate surface area is 129 Å². The van der Waals surface area contributed by atoms with Gasteiger partial charge in [-0.25, -0.2) is 4.39 Å². The number of benzene rings is 1. The molecule has 0 aliphatic carbocycles. The van der Waals surface area contributed by atoms with Crippen LogP contribution in [0, 0.1) is 30.8 Å². The molecule has 0 spiro atoms. The molecular formula is C12H13FIN3O3. The standard InChI is InChI=1S/C12H13FIN3O3/c1-20-6-5-16(4-2-3-15)11-7-9(13)10(14)8-12(11)17(18)19/h7-8H,2,4-6H2,1H3. The summed E-state index contributed by atoms with van der Waals surface area (Å²) in [6.07, 6.45) is 0.189. The summed E-state index contributed by atoms with van der Waals surface area (Å²) in [5.74, 6) is -0.523. The van der Waals surface area contributed by atoms with E-state index in [0.717, 1.165) is 6.07 Å². The van der Waals surface area contributed by atoms with E-state index >= 15 is 0 Å². The van der Waals surface area contributed by atoms with Crippen molar-refractivity contribution in [1.82, 2.24) is 0 Å². The van der Waals surface area contributed by atoms with Gasteiger partial charge in [0.05, 0.1) is 27.6 Å². The molecule has 0 aliphatic rings. The molecule has 0 saturated heterocycles. The molecule has 0 amide bonds. The molecule has 108 valence electrons. The van der Waals surface area contributed by atoms with E-state index in [9.17, 15) is 14.5 Å². The molecule has 0 saturated carbocycles. The Morgan fingerprint density at radius 1 is 1.55 bits per heavy atom. The van der Waals surface area contributed by atoms with E-state index in [1.807, 2.05) is 6.07 Å². The number of ether oxygens (including phenoxy) is 1. The van der Waals surface area contributed by atoms with Gasteiger partial charge in [-0.2, -0.15) is 5.26 Å². The number of nitro benzene ring substituents is 1. The van der Waals surface area contributed by atoms with Crippen molar-refractivity contribution in [3.05, 3.63) is 31.6 Å². The van der Waals surface area contributed by atoms with Crippen LogP contribution in [-0.2, 0) is 4.74 Å². The molecule has 0 aromatic heterocycles. The minimum Gasteiger partial charge on any atom is -0.383 e. The van der Waals surface area contributed by atoms with Crippen molar-refractivity contribution in [3.63, 3.8) is 0 Å². The van der Waals surface area contributed by atoms with Crippen LogP contribution in [0.15, 0.2) is 12.1 Å². The van der Waals surface area contributed by atoms with Gasteiger partial charge in [0.15, 0.2) is 0 Å². The molecule has 20 heavy (non-hydrogen) atoms. The number of hydrogen-bond donors (Lipinski definition) is 0. The van der Waals surface area contributed by atoms with Gasteiger partial charge in [-0.05, 0) is 22.6 Å². The SMILES string of the molecule is COCCN(CCC#N)c1cc(F)c(I)cc1[N+](=O)[O-]. The number of hydrogen-bond acceptors (Lipinski definition) is 5. The van der Waals surface area contributed by atoms with Crippen LogP contribution >= 0.6 is 22.6 Å². The van der Waals surface area contributed by atoms with Gasteiger partial charge in [0, 0.05) is 32.3 Å². The molecule has 0 atom stereocenters. The van der Waals surface area contributed by atoms with Gasteiger partial charge in [-0.15, -0.1) is 0 Å². The van der Waals surface area contributed by atoms with E-state index in [-0.39, 0.29) is 27.9 Å². The summed E-state index contributed by atoms with van der Waals surface area (Å²) < 4.78 is 18.8. The van der Waals surface area contributed by atoms with E-state index in [1.165, 1.54) is 13.2 Å². The first-order valence-corrected chi connectivity index (χ1v) is 6.83. The van der Waals surface area contributed by atoms with Crippen molar-refractivity contribution in [3.8, 4) is 6.07 Å². The second-order valence-electron chi connectivity index (χ2n) is 3.90. The first-order chi connectivity index (χ1) is 9.51. The second-order valence-corrected chi connectivity index (χ2v) is 5.06. The van der Waals surface area contributed by atoms with E-state index in [2.05, 4.69) is 0 Å².